The summed E-state index contributed by atoms with van der Waals surface area (Å²) in [5.41, 5.74) is 0.788. The highest BCUT2D eigenvalue weighted by molar-refractivity contribution is 5.96. The maximum absolute atomic E-state index is 11.7. The average Bonchev–Trinajstić information content (AvgIpc) is 2.35. The van der Waals surface area contributed by atoms with Gasteiger partial charge in [0, 0.05) is 5.56 Å². The predicted octanol–water partition coefficient (Wildman–Crippen LogP) is 1.15. The first kappa shape index (κ1) is 12.7. The van der Waals surface area contributed by atoms with Gasteiger partial charge in [0.25, 0.3) is 5.91 Å². The van der Waals surface area contributed by atoms with Gasteiger partial charge in [-0.2, -0.15) is 5.26 Å². The second-order valence-electron chi connectivity index (χ2n) is 3.46. The number of nitrogens with zero attached hydrogens (tertiary/aromatic N) is 1. The minimum atomic E-state index is -1.06. The third kappa shape index (κ3) is 3.31. The van der Waals surface area contributed by atoms with E-state index in [4.69, 9.17) is 10.4 Å². The van der Waals surface area contributed by atoms with E-state index in [1.165, 1.54) is 24.3 Å². The molecule has 1 amide bonds. The summed E-state index contributed by atoms with van der Waals surface area (Å²) >= 11 is 0. The molecule has 0 radical (unpaired) electrons. The van der Waals surface area contributed by atoms with Gasteiger partial charge in [0.15, 0.2) is 0 Å². The monoisotopic (exact) mass is 232 g/mol. The van der Waals surface area contributed by atoms with Gasteiger partial charge in [0.2, 0.25) is 0 Å². The number of nitriles is 1. The number of rotatable bonds is 4. The number of hydrogen-bond donors (Lipinski definition) is 2. The number of carboxylic acids is 1. The van der Waals surface area contributed by atoms with Crippen LogP contribution in [-0.2, 0) is 4.79 Å². The van der Waals surface area contributed by atoms with Crippen molar-refractivity contribution < 1.29 is 14.7 Å². The lowest BCUT2D eigenvalue weighted by Gasteiger charge is -2.11. The molecule has 2 N–H and O–H groups in total. The van der Waals surface area contributed by atoms with Crippen LogP contribution in [0.25, 0.3) is 0 Å². The molecule has 17 heavy (non-hydrogen) atoms. The van der Waals surface area contributed by atoms with Gasteiger partial charge in [-0.25, -0.2) is 4.79 Å². The van der Waals surface area contributed by atoms with Crippen LogP contribution in [0.4, 0.5) is 0 Å². The van der Waals surface area contributed by atoms with Crippen molar-refractivity contribution in [2.24, 2.45) is 0 Å². The molecule has 0 bridgehead atoms. The molecule has 1 aromatic carbocycles. The Morgan fingerprint density at radius 2 is 2.00 bits per heavy atom. The molecule has 0 spiro atoms. The molecule has 88 valence electrons. The molecular weight excluding hydrogens is 220 g/mol. The normalized spacial score (nSPS) is 11.3. The van der Waals surface area contributed by atoms with Gasteiger partial charge in [0.05, 0.1) is 11.6 Å². The first-order valence-electron chi connectivity index (χ1n) is 5.12. The zero-order valence-electron chi connectivity index (χ0n) is 9.30. The van der Waals surface area contributed by atoms with Crippen LogP contribution in [0.5, 0.6) is 0 Å². The number of benzene rings is 1. The highest BCUT2D eigenvalue weighted by atomic mass is 16.4. The number of hydrogen-bond acceptors (Lipinski definition) is 3. The summed E-state index contributed by atoms with van der Waals surface area (Å²) in [6.45, 7) is 1.68. The molecule has 0 unspecified atom stereocenters. The molecule has 0 saturated heterocycles. The minimum Gasteiger partial charge on any atom is -0.480 e. The van der Waals surface area contributed by atoms with Crippen molar-refractivity contribution in [1.29, 1.82) is 5.26 Å². The van der Waals surface area contributed by atoms with Crippen molar-refractivity contribution in [2.75, 3.05) is 0 Å². The number of carbonyl (C=O) groups is 2. The van der Waals surface area contributed by atoms with Crippen molar-refractivity contribution in [2.45, 2.75) is 19.4 Å². The highest BCUT2D eigenvalue weighted by Crippen LogP contribution is 2.04. The molecule has 0 saturated carbocycles. The second kappa shape index (κ2) is 5.66. The van der Waals surface area contributed by atoms with E-state index >= 15 is 0 Å². The SMILES string of the molecule is CC[C@H](NC(=O)c1ccc(C#N)cc1)C(=O)O. The lowest BCUT2D eigenvalue weighted by molar-refractivity contribution is -0.139. The molecule has 0 aliphatic carbocycles. The van der Waals surface area contributed by atoms with E-state index in [1.54, 1.807) is 6.92 Å². The number of carbonyl (C=O) groups excluding carboxylic acids is 1. The van der Waals surface area contributed by atoms with Crippen LogP contribution in [0.15, 0.2) is 24.3 Å². The van der Waals surface area contributed by atoms with Gasteiger partial charge in [-0.3, -0.25) is 4.79 Å². The molecule has 0 aromatic heterocycles. The van der Waals surface area contributed by atoms with Crippen LogP contribution in [-0.4, -0.2) is 23.0 Å². The Kier molecular flexibility index (Phi) is 4.23. The Hall–Kier alpha value is -2.35. The van der Waals surface area contributed by atoms with E-state index in [-0.39, 0.29) is 0 Å². The van der Waals surface area contributed by atoms with E-state index in [2.05, 4.69) is 5.32 Å². The molecule has 0 aliphatic heterocycles. The Balaban J connectivity index is 2.76. The quantitative estimate of drug-likeness (QED) is 0.814. The molecule has 0 aliphatic rings. The van der Waals surface area contributed by atoms with Gasteiger partial charge in [0.1, 0.15) is 6.04 Å². The highest BCUT2D eigenvalue weighted by Gasteiger charge is 2.18. The lowest BCUT2D eigenvalue weighted by Crippen LogP contribution is -2.40. The summed E-state index contributed by atoms with van der Waals surface area (Å²) < 4.78 is 0. The molecule has 5 heteroatoms. The Labute approximate surface area is 98.7 Å². The van der Waals surface area contributed by atoms with Crippen LogP contribution in [0.1, 0.15) is 29.3 Å². The van der Waals surface area contributed by atoms with Crippen molar-refractivity contribution >= 4 is 11.9 Å². The third-order valence-electron chi connectivity index (χ3n) is 2.29. The van der Waals surface area contributed by atoms with E-state index in [1.807, 2.05) is 6.07 Å². The maximum Gasteiger partial charge on any atom is 0.326 e. The molecule has 0 heterocycles. The molecule has 1 aromatic rings. The van der Waals surface area contributed by atoms with Crippen molar-refractivity contribution in [1.82, 2.24) is 5.32 Å². The summed E-state index contributed by atoms with van der Waals surface area (Å²) in [7, 11) is 0. The first-order valence-corrected chi connectivity index (χ1v) is 5.12. The molecule has 0 fully saturated rings. The Bertz CT molecular complexity index is 460. The fraction of sp³-hybridized carbons (Fsp3) is 0.250. The van der Waals surface area contributed by atoms with Crippen molar-refractivity contribution in [3.05, 3.63) is 35.4 Å². The van der Waals surface area contributed by atoms with Crippen LogP contribution in [0, 0.1) is 11.3 Å². The van der Waals surface area contributed by atoms with Gasteiger partial charge in [-0.05, 0) is 30.7 Å². The minimum absolute atomic E-state index is 0.317. The third-order valence-corrected chi connectivity index (χ3v) is 2.29. The number of aliphatic carboxylic acids is 1. The second-order valence-corrected chi connectivity index (χ2v) is 3.46. The van der Waals surface area contributed by atoms with Crippen LogP contribution in [0.3, 0.4) is 0 Å². The number of amides is 1. The summed E-state index contributed by atoms with van der Waals surface area (Å²) in [6, 6.07) is 7.05. The summed E-state index contributed by atoms with van der Waals surface area (Å²) in [6.07, 6.45) is 0.317. The smallest absolute Gasteiger partial charge is 0.326 e. The fourth-order valence-electron chi connectivity index (χ4n) is 1.28. The standard InChI is InChI=1S/C12H12N2O3/c1-2-10(12(16)17)14-11(15)9-5-3-8(7-13)4-6-9/h3-6,10H,2H2,1H3,(H,14,15)(H,16,17)/t10-/m0/s1. The van der Waals surface area contributed by atoms with E-state index in [9.17, 15) is 9.59 Å². The zero-order chi connectivity index (χ0) is 12.8. The largest absolute Gasteiger partial charge is 0.480 e. The zero-order valence-corrected chi connectivity index (χ0v) is 9.30. The molecular formula is C12H12N2O3. The summed E-state index contributed by atoms with van der Waals surface area (Å²) in [5, 5.41) is 19.8. The van der Waals surface area contributed by atoms with E-state index in [0.717, 1.165) is 0 Å². The molecule has 1 rings (SSSR count). The average molecular weight is 232 g/mol. The first-order chi connectivity index (χ1) is 8.08. The van der Waals surface area contributed by atoms with Gasteiger partial charge in [-0.15, -0.1) is 0 Å². The maximum atomic E-state index is 11.7. The van der Waals surface area contributed by atoms with Gasteiger partial charge in [-0.1, -0.05) is 6.92 Å². The fourth-order valence-corrected chi connectivity index (χ4v) is 1.28. The van der Waals surface area contributed by atoms with E-state index in [0.29, 0.717) is 17.5 Å². The summed E-state index contributed by atoms with van der Waals surface area (Å²) in [5.74, 6) is -1.52. The summed E-state index contributed by atoms with van der Waals surface area (Å²) in [4.78, 5) is 22.4. The van der Waals surface area contributed by atoms with Crippen LogP contribution >= 0.6 is 0 Å². The molecule has 5 nitrogen and oxygen atoms in total. The van der Waals surface area contributed by atoms with Crippen molar-refractivity contribution in [3.63, 3.8) is 0 Å². The van der Waals surface area contributed by atoms with Crippen LogP contribution < -0.4 is 5.32 Å². The number of carboxylic acid groups (broad SMARTS) is 1. The van der Waals surface area contributed by atoms with Gasteiger partial charge >= 0.3 is 5.97 Å². The van der Waals surface area contributed by atoms with Gasteiger partial charge < -0.3 is 10.4 Å². The molecule has 1 atom stereocenters. The predicted molar refractivity (Wildman–Crippen MR) is 60.3 cm³/mol. The van der Waals surface area contributed by atoms with Crippen molar-refractivity contribution in [3.8, 4) is 6.07 Å². The Morgan fingerprint density at radius 3 is 2.41 bits per heavy atom. The lowest BCUT2D eigenvalue weighted by atomic mass is 10.1. The Morgan fingerprint density at radius 1 is 1.41 bits per heavy atom. The topological polar surface area (TPSA) is 90.2 Å². The number of nitrogens with one attached hydrogen (secondary N) is 1. The van der Waals surface area contributed by atoms with E-state index < -0.39 is 17.9 Å². The van der Waals surface area contributed by atoms with Crippen LogP contribution in [0.2, 0.25) is 0 Å².